The van der Waals surface area contributed by atoms with Gasteiger partial charge in [0.15, 0.2) is 5.13 Å². The number of carboxylic acids is 1. The molecule has 0 saturated carbocycles. The van der Waals surface area contributed by atoms with Crippen molar-refractivity contribution in [3.63, 3.8) is 0 Å². The minimum Gasteiger partial charge on any atom is -0.476 e. The number of thiazole rings is 1. The molecule has 0 spiro atoms. The van der Waals surface area contributed by atoms with E-state index in [1.807, 2.05) is 0 Å². The predicted octanol–water partition coefficient (Wildman–Crippen LogP) is 0.553. The van der Waals surface area contributed by atoms with Gasteiger partial charge >= 0.3 is 5.97 Å². The van der Waals surface area contributed by atoms with Crippen LogP contribution in [0.4, 0.5) is 5.13 Å². The summed E-state index contributed by atoms with van der Waals surface area (Å²) in [6.07, 6.45) is 0. The largest absolute Gasteiger partial charge is 0.476 e. The highest BCUT2D eigenvalue weighted by molar-refractivity contribution is 7.14. The van der Waals surface area contributed by atoms with Gasteiger partial charge in [0.25, 0.3) is 5.91 Å². The molecular weight excluding hydrogens is 274 g/mol. The Morgan fingerprint density at radius 1 is 1.58 bits per heavy atom. The molecule has 0 aliphatic rings. The van der Waals surface area contributed by atoms with Crippen LogP contribution in [0.5, 0.6) is 0 Å². The van der Waals surface area contributed by atoms with Crippen LogP contribution in [0.15, 0.2) is 10.5 Å². The number of carboxylic acid groups (broad SMARTS) is 1. The molecule has 0 atom stereocenters. The van der Waals surface area contributed by atoms with Gasteiger partial charge in [0, 0.05) is 12.0 Å². The maximum Gasteiger partial charge on any atom is 0.360 e. The second-order valence-electron chi connectivity index (χ2n) is 3.15. The van der Waals surface area contributed by atoms with E-state index in [-0.39, 0.29) is 29.1 Å². The number of anilines is 1. The molecule has 0 aliphatic carbocycles. The number of hydrogen-bond donors (Lipinski definition) is 2. The van der Waals surface area contributed by atoms with Gasteiger partial charge in [-0.25, -0.2) is 9.78 Å². The zero-order valence-corrected chi connectivity index (χ0v) is 11.2. The molecule has 0 unspecified atom stereocenters. The molecule has 2 N–H and O–H groups in total. The SMILES string of the molecule is CCOCC(=O)Nc1nc(/C(=N/OC)C(=O)O)cs1. The Bertz CT molecular complexity index is 485. The molecule has 1 heterocycles. The number of oxime groups is 1. The predicted molar refractivity (Wildman–Crippen MR) is 68.4 cm³/mol. The van der Waals surface area contributed by atoms with Crippen molar-refractivity contribution in [3.8, 4) is 0 Å². The van der Waals surface area contributed by atoms with Crippen molar-refractivity contribution in [3.05, 3.63) is 11.1 Å². The lowest BCUT2D eigenvalue weighted by atomic mass is 10.3. The standard InChI is InChI=1S/C10H13N3O5S/c1-3-18-4-7(14)12-10-11-6(5-19-10)8(9(15)16)13-17-2/h5H,3-4H2,1-2H3,(H,15,16)(H,11,12,14)/b13-8-. The first-order valence-corrected chi connectivity index (χ1v) is 6.14. The number of nitrogens with zero attached hydrogens (tertiary/aromatic N) is 2. The van der Waals surface area contributed by atoms with Crippen LogP contribution in [0.1, 0.15) is 12.6 Å². The molecule has 0 aliphatic heterocycles. The molecule has 0 aromatic carbocycles. The summed E-state index contributed by atoms with van der Waals surface area (Å²) in [6.45, 7) is 2.12. The average molecular weight is 287 g/mol. The van der Waals surface area contributed by atoms with Gasteiger partial charge in [-0.3, -0.25) is 10.1 Å². The minimum atomic E-state index is -1.26. The van der Waals surface area contributed by atoms with Gasteiger partial charge in [0.05, 0.1) is 0 Å². The first kappa shape index (κ1) is 15.1. The monoisotopic (exact) mass is 287 g/mol. The topological polar surface area (TPSA) is 110 Å². The van der Waals surface area contributed by atoms with Crippen molar-refractivity contribution >= 4 is 34.1 Å². The van der Waals surface area contributed by atoms with E-state index in [0.29, 0.717) is 6.61 Å². The van der Waals surface area contributed by atoms with E-state index in [1.165, 1.54) is 12.5 Å². The first-order chi connectivity index (χ1) is 9.08. The number of ether oxygens (including phenoxy) is 1. The zero-order chi connectivity index (χ0) is 14.3. The average Bonchev–Trinajstić information content (AvgIpc) is 2.81. The molecular formula is C10H13N3O5S. The second kappa shape index (κ2) is 7.44. The van der Waals surface area contributed by atoms with Crippen molar-refractivity contribution in [2.45, 2.75) is 6.92 Å². The van der Waals surface area contributed by atoms with E-state index in [2.05, 4.69) is 20.3 Å². The number of hydrogen-bond acceptors (Lipinski definition) is 7. The van der Waals surface area contributed by atoms with Gasteiger partial charge in [-0.2, -0.15) is 0 Å². The van der Waals surface area contributed by atoms with Crippen LogP contribution in [0.3, 0.4) is 0 Å². The van der Waals surface area contributed by atoms with Crippen LogP contribution in [-0.4, -0.2) is 48.0 Å². The Hall–Kier alpha value is -2.00. The summed E-state index contributed by atoms with van der Waals surface area (Å²) >= 11 is 1.08. The number of carbonyl (C=O) groups excluding carboxylic acids is 1. The number of aliphatic carboxylic acids is 1. The van der Waals surface area contributed by atoms with Crippen LogP contribution >= 0.6 is 11.3 Å². The molecule has 0 saturated heterocycles. The van der Waals surface area contributed by atoms with Crippen LogP contribution in [0, 0.1) is 0 Å². The molecule has 1 aromatic heterocycles. The van der Waals surface area contributed by atoms with E-state index in [1.54, 1.807) is 6.92 Å². The van der Waals surface area contributed by atoms with Gasteiger partial charge in [-0.15, -0.1) is 11.3 Å². The molecule has 0 bridgehead atoms. The maximum absolute atomic E-state index is 11.4. The summed E-state index contributed by atoms with van der Waals surface area (Å²) in [5.41, 5.74) is -0.213. The fourth-order valence-electron chi connectivity index (χ4n) is 1.08. The van der Waals surface area contributed by atoms with Crippen molar-refractivity contribution in [1.29, 1.82) is 0 Å². The Morgan fingerprint density at radius 3 is 2.89 bits per heavy atom. The molecule has 0 radical (unpaired) electrons. The van der Waals surface area contributed by atoms with Crippen molar-refractivity contribution in [2.75, 3.05) is 25.6 Å². The lowest BCUT2D eigenvalue weighted by molar-refractivity contribution is -0.129. The van der Waals surface area contributed by atoms with Gasteiger partial charge in [-0.05, 0) is 6.92 Å². The van der Waals surface area contributed by atoms with E-state index in [4.69, 9.17) is 9.84 Å². The Kier molecular flexibility index (Phi) is 5.90. The maximum atomic E-state index is 11.4. The van der Waals surface area contributed by atoms with Crippen LogP contribution in [0.2, 0.25) is 0 Å². The highest BCUT2D eigenvalue weighted by Gasteiger charge is 2.18. The Morgan fingerprint density at radius 2 is 2.32 bits per heavy atom. The fourth-order valence-corrected chi connectivity index (χ4v) is 1.79. The van der Waals surface area contributed by atoms with Crippen molar-refractivity contribution < 1.29 is 24.3 Å². The van der Waals surface area contributed by atoms with E-state index in [9.17, 15) is 9.59 Å². The van der Waals surface area contributed by atoms with Gasteiger partial charge in [0.1, 0.15) is 19.4 Å². The van der Waals surface area contributed by atoms with Gasteiger partial charge < -0.3 is 14.7 Å². The molecule has 104 valence electrons. The third kappa shape index (κ3) is 4.64. The highest BCUT2D eigenvalue weighted by Crippen LogP contribution is 2.16. The second-order valence-corrected chi connectivity index (χ2v) is 4.01. The molecule has 19 heavy (non-hydrogen) atoms. The van der Waals surface area contributed by atoms with Gasteiger partial charge in [0.2, 0.25) is 5.71 Å². The number of rotatable bonds is 7. The third-order valence-electron chi connectivity index (χ3n) is 1.82. The summed E-state index contributed by atoms with van der Waals surface area (Å²) in [5.74, 6) is -1.62. The first-order valence-electron chi connectivity index (χ1n) is 5.26. The molecule has 1 aromatic rings. The highest BCUT2D eigenvalue weighted by atomic mass is 32.1. The summed E-state index contributed by atoms with van der Waals surface area (Å²) < 4.78 is 4.93. The smallest absolute Gasteiger partial charge is 0.360 e. The number of aromatic nitrogens is 1. The van der Waals surface area contributed by atoms with Crippen molar-refractivity contribution in [2.24, 2.45) is 5.16 Å². The molecule has 8 nitrogen and oxygen atoms in total. The fraction of sp³-hybridized carbons (Fsp3) is 0.400. The van der Waals surface area contributed by atoms with Crippen LogP contribution in [0.25, 0.3) is 0 Å². The number of carbonyl (C=O) groups is 2. The zero-order valence-electron chi connectivity index (χ0n) is 10.4. The summed E-state index contributed by atoms with van der Waals surface area (Å²) in [6, 6.07) is 0. The quantitative estimate of drug-likeness (QED) is 0.560. The van der Waals surface area contributed by atoms with E-state index in [0.717, 1.165) is 11.3 Å². The van der Waals surface area contributed by atoms with E-state index >= 15 is 0 Å². The lowest BCUT2D eigenvalue weighted by Gasteiger charge is -2.00. The molecule has 1 rings (SSSR count). The molecule has 1 amide bonds. The molecule has 9 heteroatoms. The number of nitrogens with one attached hydrogen (secondary N) is 1. The van der Waals surface area contributed by atoms with Gasteiger partial charge in [-0.1, -0.05) is 5.16 Å². The Labute approximate surface area is 113 Å². The van der Waals surface area contributed by atoms with E-state index < -0.39 is 5.97 Å². The third-order valence-corrected chi connectivity index (χ3v) is 2.57. The van der Waals surface area contributed by atoms with Crippen molar-refractivity contribution in [1.82, 2.24) is 4.98 Å². The number of amides is 1. The Balaban J connectivity index is 2.73. The molecule has 0 fully saturated rings. The summed E-state index contributed by atoms with van der Waals surface area (Å²) in [7, 11) is 1.24. The van der Waals surface area contributed by atoms with Crippen LogP contribution in [-0.2, 0) is 19.2 Å². The lowest BCUT2D eigenvalue weighted by Crippen LogP contribution is -2.19. The van der Waals surface area contributed by atoms with Crippen LogP contribution < -0.4 is 5.32 Å². The summed E-state index contributed by atoms with van der Waals surface area (Å²) in [4.78, 5) is 30.6. The minimum absolute atomic E-state index is 0.0800. The summed E-state index contributed by atoms with van der Waals surface area (Å²) in [5, 5.41) is 16.5. The normalized spacial score (nSPS) is 11.2.